The first-order chi connectivity index (χ1) is 26.7. The molecule has 0 spiro atoms. The Hall–Kier alpha value is -2.44. The molecule has 314 valence electrons. The normalized spacial score (nSPS) is 11.2. The first-order valence-corrected chi connectivity index (χ1v) is 19.6. The van der Waals surface area contributed by atoms with Gasteiger partial charge in [-0.2, -0.15) is 0 Å². The van der Waals surface area contributed by atoms with Gasteiger partial charge in [-0.3, -0.25) is 4.79 Å². The number of hydrogen-bond acceptors (Lipinski definition) is 15. The van der Waals surface area contributed by atoms with E-state index in [2.05, 4.69) is 19.2 Å². The molecule has 1 N–H and O–H groups in total. The Balaban J connectivity index is 1.69. The van der Waals surface area contributed by atoms with Crippen molar-refractivity contribution in [2.45, 2.75) is 52.4 Å². The van der Waals surface area contributed by atoms with Crippen molar-refractivity contribution in [3.8, 4) is 0 Å². The molecule has 0 unspecified atom stereocenters. The maximum absolute atomic E-state index is 12.1. The molecule has 0 atom stereocenters. The van der Waals surface area contributed by atoms with Crippen molar-refractivity contribution < 1.29 is 66.4 Å². The van der Waals surface area contributed by atoms with Crippen molar-refractivity contribution in [3.63, 3.8) is 0 Å². The number of rotatable bonds is 42. The lowest BCUT2D eigenvalue weighted by molar-refractivity contribution is -0.145. The Labute approximate surface area is 323 Å². The van der Waals surface area contributed by atoms with Gasteiger partial charge < -0.3 is 62.2 Å². The fourth-order valence-electron chi connectivity index (χ4n) is 4.30. The summed E-state index contributed by atoms with van der Waals surface area (Å²) in [5, 5.41) is 3.32. The quantitative estimate of drug-likeness (QED) is 0.0739. The third-order valence-electron chi connectivity index (χ3n) is 7.26. The second-order valence-corrected chi connectivity index (χ2v) is 11.8. The SMILES string of the molecule is CCCCCC(=O)OCCOCCOCCOCCOCCOCCOCCOCCOCCOCCOCCOC(=O)c1ccc(NCCCC)cc1. The third kappa shape index (κ3) is 34.1. The molecule has 1 aromatic rings. The summed E-state index contributed by atoms with van der Waals surface area (Å²) in [6.45, 7) is 14.8. The third-order valence-corrected chi connectivity index (χ3v) is 7.26. The monoisotopic (exact) mass is 775 g/mol. The van der Waals surface area contributed by atoms with Crippen molar-refractivity contribution in [1.82, 2.24) is 0 Å². The average Bonchev–Trinajstić information content (AvgIpc) is 3.18. The van der Waals surface area contributed by atoms with Gasteiger partial charge in [0.1, 0.15) is 13.2 Å². The van der Waals surface area contributed by atoms with E-state index in [9.17, 15) is 9.59 Å². The average molecular weight is 776 g/mol. The van der Waals surface area contributed by atoms with Crippen LogP contribution in [0.4, 0.5) is 5.69 Å². The van der Waals surface area contributed by atoms with Crippen molar-refractivity contribution in [2.24, 2.45) is 0 Å². The van der Waals surface area contributed by atoms with Gasteiger partial charge in [0.15, 0.2) is 0 Å². The number of esters is 2. The van der Waals surface area contributed by atoms with E-state index in [1.54, 1.807) is 12.1 Å². The topological polar surface area (TPSA) is 157 Å². The summed E-state index contributed by atoms with van der Waals surface area (Å²) in [5.41, 5.74) is 1.51. The van der Waals surface area contributed by atoms with Crippen LogP contribution in [0.3, 0.4) is 0 Å². The Kier molecular flexibility index (Phi) is 36.9. The Morgan fingerprint density at radius 2 is 0.759 bits per heavy atom. The molecule has 0 radical (unpaired) electrons. The predicted octanol–water partition coefficient (Wildman–Crippen LogP) is 4.34. The molecule has 0 aromatic heterocycles. The zero-order valence-corrected chi connectivity index (χ0v) is 33.0. The van der Waals surface area contributed by atoms with Crippen molar-refractivity contribution in [2.75, 3.05) is 157 Å². The number of carbonyl (C=O) groups excluding carboxylic acids is 2. The van der Waals surface area contributed by atoms with Crippen molar-refractivity contribution >= 4 is 17.6 Å². The molecule has 0 heterocycles. The standard InChI is InChI=1S/C39H69NO14/c1-3-5-7-8-38(41)53-34-32-51-30-28-49-26-24-47-22-20-45-18-16-43-14-15-44-17-19-46-21-23-48-25-27-50-29-31-52-33-35-54-39(42)36-9-11-37(12-10-36)40-13-6-4-2/h9-12,40H,3-8,13-35H2,1-2H3. The van der Waals surface area contributed by atoms with Gasteiger partial charge in [0.05, 0.1) is 138 Å². The molecule has 0 saturated heterocycles. The van der Waals surface area contributed by atoms with E-state index in [-0.39, 0.29) is 25.2 Å². The number of nitrogens with one attached hydrogen (secondary N) is 1. The lowest BCUT2D eigenvalue weighted by Crippen LogP contribution is -2.16. The summed E-state index contributed by atoms with van der Waals surface area (Å²) in [5.74, 6) is -0.528. The van der Waals surface area contributed by atoms with E-state index >= 15 is 0 Å². The van der Waals surface area contributed by atoms with Crippen LogP contribution >= 0.6 is 0 Å². The molecule has 0 aliphatic rings. The van der Waals surface area contributed by atoms with Crippen LogP contribution < -0.4 is 5.32 Å². The molecule has 1 aromatic carbocycles. The number of unbranched alkanes of at least 4 members (excludes halogenated alkanes) is 3. The number of ether oxygens (including phenoxy) is 12. The minimum atomic E-state index is -0.364. The zero-order chi connectivity index (χ0) is 38.8. The molecule has 0 amide bonds. The predicted molar refractivity (Wildman–Crippen MR) is 203 cm³/mol. The van der Waals surface area contributed by atoms with Crippen LogP contribution in [0, 0.1) is 0 Å². The van der Waals surface area contributed by atoms with Crippen LogP contribution in [0.15, 0.2) is 24.3 Å². The molecule has 54 heavy (non-hydrogen) atoms. The molecule has 0 fully saturated rings. The minimum Gasteiger partial charge on any atom is -0.463 e. The van der Waals surface area contributed by atoms with Crippen LogP contribution in [0.5, 0.6) is 0 Å². The maximum Gasteiger partial charge on any atom is 0.338 e. The molecule has 0 aliphatic heterocycles. The highest BCUT2D eigenvalue weighted by atomic mass is 16.6. The summed E-state index contributed by atoms with van der Waals surface area (Å²) in [4.78, 5) is 23.6. The number of carbonyl (C=O) groups is 2. The van der Waals surface area contributed by atoms with Crippen LogP contribution in [0.2, 0.25) is 0 Å². The van der Waals surface area contributed by atoms with Gasteiger partial charge in [0.25, 0.3) is 0 Å². The van der Waals surface area contributed by atoms with E-state index in [0.29, 0.717) is 144 Å². The highest BCUT2D eigenvalue weighted by Gasteiger charge is 2.07. The number of anilines is 1. The highest BCUT2D eigenvalue weighted by Crippen LogP contribution is 2.11. The summed E-state index contributed by atoms with van der Waals surface area (Å²) >= 11 is 0. The Morgan fingerprint density at radius 3 is 1.11 bits per heavy atom. The van der Waals surface area contributed by atoms with E-state index in [4.69, 9.17) is 56.8 Å². The lowest BCUT2D eigenvalue weighted by atomic mass is 10.2. The summed E-state index contributed by atoms with van der Waals surface area (Å²) < 4.78 is 65.0. The first-order valence-electron chi connectivity index (χ1n) is 19.6. The van der Waals surface area contributed by atoms with Gasteiger partial charge in [-0.15, -0.1) is 0 Å². The summed E-state index contributed by atoms with van der Waals surface area (Å²) in [6, 6.07) is 7.28. The van der Waals surface area contributed by atoms with Crippen LogP contribution in [0.25, 0.3) is 0 Å². The van der Waals surface area contributed by atoms with E-state index in [1.807, 2.05) is 12.1 Å². The molecule has 15 heteroatoms. The first kappa shape index (κ1) is 49.6. The molecule has 15 nitrogen and oxygen atoms in total. The molecule has 1 rings (SSSR count). The van der Waals surface area contributed by atoms with Gasteiger partial charge >= 0.3 is 11.9 Å². The molecular weight excluding hydrogens is 706 g/mol. The van der Waals surface area contributed by atoms with Crippen molar-refractivity contribution in [3.05, 3.63) is 29.8 Å². The highest BCUT2D eigenvalue weighted by molar-refractivity contribution is 5.89. The maximum atomic E-state index is 12.1. The Bertz CT molecular complexity index is 956. The summed E-state index contributed by atoms with van der Waals surface area (Å²) in [6.07, 6.45) is 5.71. The van der Waals surface area contributed by atoms with Crippen LogP contribution in [-0.2, 0) is 61.6 Å². The Morgan fingerprint density at radius 1 is 0.426 bits per heavy atom. The molecule has 0 bridgehead atoms. The summed E-state index contributed by atoms with van der Waals surface area (Å²) in [7, 11) is 0. The van der Waals surface area contributed by atoms with E-state index in [1.165, 1.54) is 0 Å². The second kappa shape index (κ2) is 40.2. The zero-order valence-electron chi connectivity index (χ0n) is 33.0. The van der Waals surface area contributed by atoms with Gasteiger partial charge in [-0.25, -0.2) is 4.79 Å². The smallest absolute Gasteiger partial charge is 0.338 e. The van der Waals surface area contributed by atoms with Gasteiger partial charge in [-0.05, 0) is 37.1 Å². The molecular formula is C39H69NO14. The van der Waals surface area contributed by atoms with E-state index in [0.717, 1.165) is 44.3 Å². The van der Waals surface area contributed by atoms with Crippen LogP contribution in [0.1, 0.15) is 62.7 Å². The van der Waals surface area contributed by atoms with Gasteiger partial charge in [0, 0.05) is 18.7 Å². The molecule has 0 saturated carbocycles. The molecule has 0 aliphatic carbocycles. The lowest BCUT2D eigenvalue weighted by Gasteiger charge is -2.09. The van der Waals surface area contributed by atoms with Gasteiger partial charge in [0.2, 0.25) is 0 Å². The second-order valence-electron chi connectivity index (χ2n) is 11.8. The van der Waals surface area contributed by atoms with Crippen molar-refractivity contribution in [1.29, 1.82) is 0 Å². The van der Waals surface area contributed by atoms with E-state index < -0.39 is 0 Å². The van der Waals surface area contributed by atoms with Gasteiger partial charge in [-0.1, -0.05) is 33.1 Å². The number of benzene rings is 1. The largest absolute Gasteiger partial charge is 0.463 e. The number of hydrogen-bond donors (Lipinski definition) is 1. The van der Waals surface area contributed by atoms with Crippen LogP contribution in [-0.4, -0.2) is 164 Å². The minimum absolute atomic E-state index is 0.164. The fraction of sp³-hybridized carbons (Fsp3) is 0.795. The fourth-order valence-corrected chi connectivity index (χ4v) is 4.30.